The first-order chi connectivity index (χ1) is 12.5. The van der Waals surface area contributed by atoms with Gasteiger partial charge in [0, 0.05) is 52.4 Å². The van der Waals surface area contributed by atoms with Gasteiger partial charge in [-0.15, -0.1) is 0 Å². The highest BCUT2D eigenvalue weighted by atomic mass is 16.5. The minimum absolute atomic E-state index is 0.200. The molecule has 1 atom stereocenters. The summed E-state index contributed by atoms with van der Waals surface area (Å²) in [7, 11) is 3.74. The van der Waals surface area contributed by atoms with Gasteiger partial charge < -0.3 is 24.6 Å². The van der Waals surface area contributed by atoms with Gasteiger partial charge in [0.25, 0.3) is 0 Å². The normalized spacial score (nSPS) is 21.4. The molecule has 2 saturated heterocycles. The maximum Gasteiger partial charge on any atom is 0.161 e. The van der Waals surface area contributed by atoms with Gasteiger partial charge in [-0.1, -0.05) is 6.07 Å². The Morgan fingerprint density at radius 1 is 1.12 bits per heavy atom. The van der Waals surface area contributed by atoms with E-state index in [1.165, 1.54) is 0 Å². The molecule has 3 rings (SSSR count). The molecule has 2 fully saturated rings. The van der Waals surface area contributed by atoms with Crippen molar-refractivity contribution in [1.29, 1.82) is 0 Å². The van der Waals surface area contributed by atoms with Gasteiger partial charge in [-0.05, 0) is 24.7 Å². The summed E-state index contributed by atoms with van der Waals surface area (Å²) in [6.45, 7) is 7.11. The van der Waals surface area contributed by atoms with E-state index in [1.807, 2.05) is 18.2 Å². The summed E-state index contributed by atoms with van der Waals surface area (Å²) in [5.41, 5.74) is 1.11. The van der Waals surface area contributed by atoms with E-state index in [2.05, 4.69) is 21.7 Å². The van der Waals surface area contributed by atoms with E-state index in [-0.39, 0.29) is 12.7 Å². The summed E-state index contributed by atoms with van der Waals surface area (Å²) in [6, 6.07) is 5.87. The molecule has 0 saturated carbocycles. The molecule has 1 aromatic carbocycles. The lowest BCUT2D eigenvalue weighted by molar-refractivity contribution is -0.00293. The van der Waals surface area contributed by atoms with Crippen molar-refractivity contribution >= 4 is 0 Å². The Morgan fingerprint density at radius 2 is 1.85 bits per heavy atom. The number of likely N-dealkylation sites (N-methyl/N-ethyl adjacent to an activating group) is 1. The SMILES string of the molecule is COc1ccc(CN2CC(O)C2)cc1OC[C@@H](O)CN1CCN(C)CC1. The third-order valence-corrected chi connectivity index (χ3v) is 5.07. The van der Waals surface area contributed by atoms with Crippen LogP contribution in [0, 0.1) is 0 Å². The highest BCUT2D eigenvalue weighted by Crippen LogP contribution is 2.29. The van der Waals surface area contributed by atoms with Crippen molar-refractivity contribution in [3.8, 4) is 11.5 Å². The zero-order chi connectivity index (χ0) is 18.5. The standard InChI is InChI=1S/C19H31N3O4/c1-20-5-7-21(8-6-20)13-17(24)14-26-19-9-15(3-4-18(19)25-2)10-22-11-16(23)12-22/h3-4,9,16-17,23-24H,5-8,10-14H2,1-2H3/t17-/m0/s1. The molecule has 0 aliphatic carbocycles. The van der Waals surface area contributed by atoms with E-state index in [0.717, 1.165) is 38.3 Å². The Hall–Kier alpha value is -1.38. The van der Waals surface area contributed by atoms with Crippen molar-refractivity contribution < 1.29 is 19.7 Å². The fraction of sp³-hybridized carbons (Fsp3) is 0.684. The lowest BCUT2D eigenvalue weighted by atomic mass is 10.1. The minimum Gasteiger partial charge on any atom is -0.493 e. The van der Waals surface area contributed by atoms with E-state index in [4.69, 9.17) is 9.47 Å². The predicted molar refractivity (Wildman–Crippen MR) is 99.7 cm³/mol. The molecule has 0 radical (unpaired) electrons. The summed E-state index contributed by atoms with van der Waals surface area (Å²) in [5.74, 6) is 1.33. The summed E-state index contributed by atoms with van der Waals surface area (Å²) >= 11 is 0. The first kappa shape index (κ1) is 19.4. The van der Waals surface area contributed by atoms with Crippen LogP contribution in [-0.4, -0.2) is 104 Å². The van der Waals surface area contributed by atoms with Crippen LogP contribution >= 0.6 is 0 Å². The van der Waals surface area contributed by atoms with Crippen LogP contribution in [0.1, 0.15) is 5.56 Å². The maximum atomic E-state index is 10.3. The van der Waals surface area contributed by atoms with Crippen molar-refractivity contribution in [1.82, 2.24) is 14.7 Å². The zero-order valence-corrected chi connectivity index (χ0v) is 15.8. The molecule has 0 aromatic heterocycles. The average molecular weight is 365 g/mol. The van der Waals surface area contributed by atoms with Crippen molar-refractivity contribution in [3.05, 3.63) is 23.8 Å². The summed E-state index contributed by atoms with van der Waals surface area (Å²) in [5, 5.41) is 19.7. The second kappa shape index (κ2) is 9.01. The number of hydrogen-bond acceptors (Lipinski definition) is 7. The number of aliphatic hydroxyl groups is 2. The average Bonchev–Trinajstić information content (AvgIpc) is 2.61. The molecule has 7 nitrogen and oxygen atoms in total. The van der Waals surface area contributed by atoms with Crippen LogP contribution in [0.25, 0.3) is 0 Å². The molecule has 146 valence electrons. The number of ether oxygens (including phenoxy) is 2. The van der Waals surface area contributed by atoms with Gasteiger partial charge in [0.15, 0.2) is 11.5 Å². The van der Waals surface area contributed by atoms with E-state index >= 15 is 0 Å². The monoisotopic (exact) mass is 365 g/mol. The second-order valence-electron chi connectivity index (χ2n) is 7.40. The van der Waals surface area contributed by atoms with Gasteiger partial charge in [0.2, 0.25) is 0 Å². The lowest BCUT2D eigenvalue weighted by Gasteiger charge is -2.35. The highest BCUT2D eigenvalue weighted by Gasteiger charge is 2.24. The van der Waals surface area contributed by atoms with Crippen molar-refractivity contribution in [2.24, 2.45) is 0 Å². The summed E-state index contributed by atoms with van der Waals surface area (Å²) < 4.78 is 11.2. The molecule has 2 aliphatic heterocycles. The Balaban J connectivity index is 1.50. The van der Waals surface area contributed by atoms with Gasteiger partial charge in [-0.2, -0.15) is 0 Å². The third-order valence-electron chi connectivity index (χ3n) is 5.07. The molecule has 2 heterocycles. The summed E-state index contributed by atoms with van der Waals surface area (Å²) in [6.07, 6.45) is -0.731. The maximum absolute atomic E-state index is 10.3. The fourth-order valence-electron chi connectivity index (χ4n) is 3.43. The number of benzene rings is 1. The Bertz CT molecular complexity index is 572. The number of nitrogens with zero attached hydrogens (tertiary/aromatic N) is 3. The largest absolute Gasteiger partial charge is 0.493 e. The second-order valence-corrected chi connectivity index (χ2v) is 7.40. The number of piperazine rings is 1. The van der Waals surface area contributed by atoms with Crippen molar-refractivity contribution in [3.63, 3.8) is 0 Å². The van der Waals surface area contributed by atoms with Crippen LogP contribution in [0.15, 0.2) is 18.2 Å². The first-order valence-corrected chi connectivity index (χ1v) is 9.32. The van der Waals surface area contributed by atoms with E-state index in [0.29, 0.717) is 31.1 Å². The number of rotatable bonds is 8. The van der Waals surface area contributed by atoms with Gasteiger partial charge in [-0.25, -0.2) is 0 Å². The lowest BCUT2D eigenvalue weighted by Crippen LogP contribution is -2.49. The number of likely N-dealkylation sites (tertiary alicyclic amines) is 1. The smallest absolute Gasteiger partial charge is 0.161 e. The van der Waals surface area contributed by atoms with Crippen LogP contribution in [-0.2, 0) is 6.54 Å². The molecule has 7 heteroatoms. The van der Waals surface area contributed by atoms with Crippen LogP contribution in [0.4, 0.5) is 0 Å². The molecule has 0 unspecified atom stereocenters. The van der Waals surface area contributed by atoms with Gasteiger partial charge in [-0.3, -0.25) is 9.80 Å². The minimum atomic E-state index is -0.530. The Morgan fingerprint density at radius 3 is 2.50 bits per heavy atom. The van der Waals surface area contributed by atoms with Crippen LogP contribution in [0.5, 0.6) is 11.5 Å². The number of methoxy groups -OCH3 is 1. The quantitative estimate of drug-likeness (QED) is 0.665. The van der Waals surface area contributed by atoms with E-state index in [9.17, 15) is 10.2 Å². The highest BCUT2D eigenvalue weighted by molar-refractivity contribution is 5.43. The fourth-order valence-corrected chi connectivity index (χ4v) is 3.43. The Labute approximate surface area is 155 Å². The number of aliphatic hydroxyl groups excluding tert-OH is 2. The number of hydrogen-bond donors (Lipinski definition) is 2. The first-order valence-electron chi connectivity index (χ1n) is 9.32. The van der Waals surface area contributed by atoms with Gasteiger partial charge in [0.05, 0.1) is 13.2 Å². The molecule has 0 bridgehead atoms. The number of β-amino-alcohol motifs (C(OH)–C–C–N with tert-alkyl or cyclic N) is 2. The predicted octanol–water partition coefficient (Wildman–Crippen LogP) is -0.141. The zero-order valence-electron chi connectivity index (χ0n) is 15.8. The Kier molecular flexibility index (Phi) is 6.72. The molecule has 1 aromatic rings. The molecule has 0 amide bonds. The van der Waals surface area contributed by atoms with E-state index in [1.54, 1.807) is 7.11 Å². The van der Waals surface area contributed by atoms with Crippen molar-refractivity contribution in [2.75, 3.05) is 66.6 Å². The molecule has 2 N–H and O–H groups in total. The van der Waals surface area contributed by atoms with Crippen LogP contribution < -0.4 is 9.47 Å². The van der Waals surface area contributed by atoms with Gasteiger partial charge in [0.1, 0.15) is 12.7 Å². The van der Waals surface area contributed by atoms with E-state index < -0.39 is 6.10 Å². The van der Waals surface area contributed by atoms with Crippen LogP contribution in [0.2, 0.25) is 0 Å². The topological polar surface area (TPSA) is 68.6 Å². The van der Waals surface area contributed by atoms with Crippen LogP contribution in [0.3, 0.4) is 0 Å². The molecular formula is C19H31N3O4. The molecule has 0 spiro atoms. The molecular weight excluding hydrogens is 334 g/mol. The van der Waals surface area contributed by atoms with Gasteiger partial charge >= 0.3 is 0 Å². The molecule has 2 aliphatic rings. The molecule has 26 heavy (non-hydrogen) atoms. The van der Waals surface area contributed by atoms with Crippen molar-refractivity contribution in [2.45, 2.75) is 18.8 Å². The summed E-state index contributed by atoms with van der Waals surface area (Å²) in [4.78, 5) is 6.75. The third kappa shape index (κ3) is 5.31.